The van der Waals surface area contributed by atoms with E-state index in [9.17, 15) is 0 Å². The average Bonchev–Trinajstić information content (AvgIpc) is 2.69. The zero-order valence-electron chi connectivity index (χ0n) is 17.2. The van der Waals surface area contributed by atoms with Gasteiger partial charge in [-0.2, -0.15) is 0 Å². The highest BCUT2D eigenvalue weighted by atomic mass is 28.3. The summed E-state index contributed by atoms with van der Waals surface area (Å²) < 4.78 is 0. The van der Waals surface area contributed by atoms with E-state index in [0.29, 0.717) is 0 Å². The van der Waals surface area contributed by atoms with Crippen molar-refractivity contribution < 1.29 is 0 Å². The third-order valence-electron chi connectivity index (χ3n) is 6.01. The Morgan fingerprint density at radius 1 is 0.889 bits per heavy atom. The third-order valence-corrected chi connectivity index (χ3v) is 9.51. The number of nitrogens with zero attached hydrogens (tertiary/aromatic N) is 2. The number of hydrogen-bond acceptors (Lipinski definition) is 2. The molecule has 0 bridgehead atoms. The lowest BCUT2D eigenvalue weighted by Gasteiger charge is -2.33. The zero-order valence-corrected chi connectivity index (χ0v) is 18.2. The summed E-state index contributed by atoms with van der Waals surface area (Å²) in [7, 11) is 0.844. The molecule has 0 unspecified atom stereocenters. The summed E-state index contributed by atoms with van der Waals surface area (Å²) in [5.74, 6) is 0. The van der Waals surface area contributed by atoms with Gasteiger partial charge in [0.05, 0.1) is 8.07 Å². The molecule has 2 aromatic rings. The number of likely N-dealkylation sites (N-methyl/N-ethyl adjacent to an activating group) is 1. The van der Waals surface area contributed by atoms with Crippen molar-refractivity contribution in [2.75, 3.05) is 39.8 Å². The Balaban J connectivity index is 1.56. The minimum absolute atomic E-state index is 1.11. The molecule has 144 valence electrons. The fraction of sp³-hybridized carbons (Fsp3) is 0.417. The molecule has 3 rings (SSSR count). The van der Waals surface area contributed by atoms with E-state index < -0.39 is 8.07 Å². The molecule has 2 aromatic carbocycles. The fourth-order valence-electron chi connectivity index (χ4n) is 3.89. The highest BCUT2D eigenvalue weighted by Gasteiger charge is 2.23. The molecule has 0 amide bonds. The molecule has 27 heavy (non-hydrogen) atoms. The molecule has 0 saturated carbocycles. The Morgan fingerprint density at radius 3 is 2.11 bits per heavy atom. The highest BCUT2D eigenvalue weighted by molar-refractivity contribution is 6.89. The van der Waals surface area contributed by atoms with E-state index in [1.165, 1.54) is 56.3 Å². The van der Waals surface area contributed by atoms with Crippen LogP contribution in [-0.4, -0.2) is 57.6 Å². The van der Waals surface area contributed by atoms with Crippen molar-refractivity contribution in [1.82, 2.24) is 9.80 Å². The van der Waals surface area contributed by atoms with Gasteiger partial charge in [0, 0.05) is 26.2 Å². The zero-order chi connectivity index (χ0) is 19.3. The molecule has 1 heterocycles. The summed E-state index contributed by atoms with van der Waals surface area (Å²) in [5, 5.41) is 1.56. The van der Waals surface area contributed by atoms with Gasteiger partial charge < -0.3 is 9.80 Å². The van der Waals surface area contributed by atoms with Crippen LogP contribution in [0.4, 0.5) is 0 Å². The van der Waals surface area contributed by atoms with Crippen molar-refractivity contribution in [2.24, 2.45) is 0 Å². The number of piperazine rings is 1. The van der Waals surface area contributed by atoms with E-state index in [2.05, 4.69) is 91.1 Å². The van der Waals surface area contributed by atoms with Crippen molar-refractivity contribution in [3.8, 4) is 0 Å². The molecule has 0 aromatic heterocycles. The molecule has 0 aliphatic carbocycles. The van der Waals surface area contributed by atoms with Gasteiger partial charge in [0.2, 0.25) is 0 Å². The second-order valence-corrected chi connectivity index (χ2v) is 13.4. The molecule has 0 atom stereocenters. The summed E-state index contributed by atoms with van der Waals surface area (Å²) in [6.07, 6.45) is 1.32. The van der Waals surface area contributed by atoms with Crippen LogP contribution in [0.5, 0.6) is 0 Å². The van der Waals surface area contributed by atoms with Crippen molar-refractivity contribution in [1.29, 1.82) is 0 Å². The SMILES string of the molecule is C=C(c1ccccc1)c1ccc([Si](C)(C)CCCN2CCN(C)CC2)cc1. The van der Waals surface area contributed by atoms with Crippen LogP contribution in [0.2, 0.25) is 19.1 Å². The summed E-state index contributed by atoms with van der Waals surface area (Å²) in [6, 6.07) is 21.1. The van der Waals surface area contributed by atoms with Crippen LogP contribution in [0.25, 0.3) is 5.57 Å². The fourth-order valence-corrected chi connectivity index (χ4v) is 6.29. The maximum atomic E-state index is 4.30. The van der Waals surface area contributed by atoms with Crippen LogP contribution in [0, 0.1) is 0 Å². The monoisotopic (exact) mass is 378 g/mol. The van der Waals surface area contributed by atoms with Gasteiger partial charge in [0.15, 0.2) is 0 Å². The van der Waals surface area contributed by atoms with Gasteiger partial charge in [0.25, 0.3) is 0 Å². The van der Waals surface area contributed by atoms with Gasteiger partial charge >= 0.3 is 0 Å². The Bertz CT molecular complexity index is 729. The molecule has 1 aliphatic heterocycles. The second kappa shape index (κ2) is 9.00. The maximum Gasteiger partial charge on any atom is 0.0806 e. The number of hydrogen-bond donors (Lipinski definition) is 0. The molecule has 1 aliphatic rings. The van der Waals surface area contributed by atoms with Crippen molar-refractivity contribution in [3.63, 3.8) is 0 Å². The smallest absolute Gasteiger partial charge is 0.0806 e. The molecule has 2 nitrogen and oxygen atoms in total. The van der Waals surface area contributed by atoms with E-state index in [1.54, 1.807) is 5.19 Å². The van der Waals surface area contributed by atoms with Gasteiger partial charge in [-0.05, 0) is 36.7 Å². The maximum absolute atomic E-state index is 4.30. The van der Waals surface area contributed by atoms with Crippen LogP contribution in [0.1, 0.15) is 17.5 Å². The average molecular weight is 379 g/mol. The lowest BCUT2D eigenvalue weighted by atomic mass is 10.00. The largest absolute Gasteiger partial charge is 0.304 e. The predicted octanol–water partition coefficient (Wildman–Crippen LogP) is 4.30. The molecular weight excluding hydrogens is 344 g/mol. The first-order chi connectivity index (χ1) is 13.0. The van der Waals surface area contributed by atoms with E-state index in [4.69, 9.17) is 0 Å². The van der Waals surface area contributed by atoms with Gasteiger partial charge in [-0.25, -0.2) is 0 Å². The number of rotatable bonds is 7. The molecule has 1 fully saturated rings. The molecule has 3 heteroatoms. The van der Waals surface area contributed by atoms with E-state index >= 15 is 0 Å². The van der Waals surface area contributed by atoms with Crippen molar-refractivity contribution in [2.45, 2.75) is 25.6 Å². The quantitative estimate of drug-likeness (QED) is 0.663. The topological polar surface area (TPSA) is 6.48 Å². The van der Waals surface area contributed by atoms with E-state index in [0.717, 1.165) is 5.57 Å². The van der Waals surface area contributed by atoms with Crippen LogP contribution < -0.4 is 5.19 Å². The first-order valence-corrected chi connectivity index (χ1v) is 13.4. The normalized spacial score (nSPS) is 16.4. The standard InChI is InChI=1S/C24H34N2Si/c1-21(22-9-6-5-7-10-22)23-11-13-24(14-12-23)27(3,4)20-8-15-26-18-16-25(2)17-19-26/h5-7,9-14H,1,8,15-20H2,2-4H3. The van der Waals surface area contributed by atoms with Gasteiger partial charge in [-0.15, -0.1) is 0 Å². The Morgan fingerprint density at radius 2 is 1.48 bits per heavy atom. The molecule has 0 N–H and O–H groups in total. The van der Waals surface area contributed by atoms with Gasteiger partial charge in [-0.1, -0.05) is 85.5 Å². The predicted molar refractivity (Wildman–Crippen MR) is 121 cm³/mol. The second-order valence-electron chi connectivity index (χ2n) is 8.55. The van der Waals surface area contributed by atoms with Crippen LogP contribution in [-0.2, 0) is 0 Å². The lowest BCUT2D eigenvalue weighted by Crippen LogP contribution is -2.46. The van der Waals surface area contributed by atoms with Crippen LogP contribution in [0.15, 0.2) is 61.2 Å². The van der Waals surface area contributed by atoms with Crippen molar-refractivity contribution >= 4 is 18.8 Å². The van der Waals surface area contributed by atoms with Crippen molar-refractivity contribution in [3.05, 3.63) is 72.3 Å². The summed E-state index contributed by atoms with van der Waals surface area (Å²) >= 11 is 0. The summed E-state index contributed by atoms with van der Waals surface area (Å²) in [4.78, 5) is 5.07. The molecular formula is C24H34N2Si. The molecule has 0 radical (unpaired) electrons. The van der Waals surface area contributed by atoms with E-state index in [1.807, 2.05) is 0 Å². The minimum atomic E-state index is -1.38. The van der Waals surface area contributed by atoms with E-state index in [-0.39, 0.29) is 0 Å². The van der Waals surface area contributed by atoms with Crippen LogP contribution >= 0.6 is 0 Å². The first kappa shape index (κ1) is 20.1. The molecule has 1 saturated heterocycles. The lowest BCUT2D eigenvalue weighted by molar-refractivity contribution is 0.154. The first-order valence-electron chi connectivity index (χ1n) is 10.2. The Hall–Kier alpha value is -1.68. The Kier molecular flexibility index (Phi) is 6.69. The van der Waals surface area contributed by atoms with Gasteiger partial charge in [-0.3, -0.25) is 0 Å². The van der Waals surface area contributed by atoms with Crippen LogP contribution in [0.3, 0.4) is 0 Å². The Labute approximate surface area is 166 Å². The number of benzene rings is 2. The molecule has 0 spiro atoms. The van der Waals surface area contributed by atoms with Gasteiger partial charge in [0.1, 0.15) is 0 Å². The summed E-state index contributed by atoms with van der Waals surface area (Å²) in [5.41, 5.74) is 3.54. The highest BCUT2D eigenvalue weighted by Crippen LogP contribution is 2.21. The summed E-state index contributed by atoms with van der Waals surface area (Å²) in [6.45, 7) is 15.5. The third kappa shape index (κ3) is 5.41. The minimum Gasteiger partial charge on any atom is -0.304 e.